The fraction of sp³-hybridized carbons (Fsp3) is 0.833. The Bertz CT molecular complexity index is 514. The smallest absolute Gasteiger partial charge is 0.0908 e. The SMILES string of the molecule is CCCCCCC(O)=CC(O)[C@@H]1[C@H]2CC(CCCCCN(C)C)=C[C@H]2C[C@H]1O. The van der Waals surface area contributed by atoms with Gasteiger partial charge in [-0.3, -0.25) is 0 Å². The standard InChI is InChI=1S/C24H43NO3/c1-4-5-6-9-12-20(26)17-23(28)24-21-15-18(14-19(21)16-22(24)27)11-8-7-10-13-25(2)3/h14,17,19,21-24,26-28H,4-13,15-16H2,1-3H3/t19-,21-,22+,23?,24+/m0/s1. The summed E-state index contributed by atoms with van der Waals surface area (Å²) in [6, 6.07) is 0. The second kappa shape index (κ2) is 12.0. The molecule has 0 bridgehead atoms. The molecule has 0 heterocycles. The Balaban J connectivity index is 1.79. The summed E-state index contributed by atoms with van der Waals surface area (Å²) in [6.07, 6.45) is 14.5. The van der Waals surface area contributed by atoms with Gasteiger partial charge in [-0.15, -0.1) is 0 Å². The number of aliphatic hydroxyl groups excluding tert-OH is 3. The number of hydrogen-bond acceptors (Lipinski definition) is 4. The van der Waals surface area contributed by atoms with E-state index in [0.717, 1.165) is 38.6 Å². The van der Waals surface area contributed by atoms with Gasteiger partial charge in [0.1, 0.15) is 0 Å². The monoisotopic (exact) mass is 393 g/mol. The average Bonchev–Trinajstić information content (AvgIpc) is 3.13. The van der Waals surface area contributed by atoms with E-state index in [0.29, 0.717) is 18.3 Å². The molecule has 5 atom stereocenters. The Kier molecular flexibility index (Phi) is 10.0. The van der Waals surface area contributed by atoms with Crippen LogP contribution >= 0.6 is 0 Å². The van der Waals surface area contributed by atoms with Gasteiger partial charge in [-0.1, -0.05) is 44.3 Å². The van der Waals surface area contributed by atoms with Gasteiger partial charge in [-0.25, -0.2) is 0 Å². The number of unbranched alkanes of at least 4 members (excludes halogenated alkanes) is 5. The van der Waals surface area contributed by atoms with Gasteiger partial charge in [-0.05, 0) is 77.1 Å². The number of allylic oxidation sites excluding steroid dienone is 3. The number of hydrogen-bond donors (Lipinski definition) is 3. The zero-order chi connectivity index (χ0) is 20.5. The van der Waals surface area contributed by atoms with Crippen LogP contribution in [-0.4, -0.2) is 53.1 Å². The zero-order valence-electron chi connectivity index (χ0n) is 18.3. The summed E-state index contributed by atoms with van der Waals surface area (Å²) in [5.74, 6) is 0.856. The molecule has 1 unspecified atom stereocenters. The van der Waals surface area contributed by atoms with Crippen LogP contribution in [0.1, 0.15) is 77.6 Å². The highest BCUT2D eigenvalue weighted by molar-refractivity contribution is 5.20. The molecule has 2 aliphatic rings. The first-order valence-electron chi connectivity index (χ1n) is 11.5. The van der Waals surface area contributed by atoms with Crippen LogP contribution in [0.3, 0.4) is 0 Å². The Morgan fingerprint density at radius 1 is 1.18 bits per heavy atom. The Hall–Kier alpha value is -0.840. The number of fused-ring (bicyclic) bond motifs is 1. The minimum Gasteiger partial charge on any atom is -0.513 e. The summed E-state index contributed by atoms with van der Waals surface area (Å²) in [4.78, 5) is 2.24. The van der Waals surface area contributed by atoms with Gasteiger partial charge < -0.3 is 20.2 Å². The van der Waals surface area contributed by atoms with Crippen molar-refractivity contribution in [2.45, 2.75) is 89.8 Å². The molecule has 0 spiro atoms. The molecule has 162 valence electrons. The lowest BCUT2D eigenvalue weighted by Gasteiger charge is -2.25. The van der Waals surface area contributed by atoms with E-state index in [2.05, 4.69) is 32.0 Å². The summed E-state index contributed by atoms with van der Waals surface area (Å²) in [5.41, 5.74) is 1.51. The van der Waals surface area contributed by atoms with Crippen LogP contribution in [-0.2, 0) is 0 Å². The van der Waals surface area contributed by atoms with Crippen molar-refractivity contribution in [3.05, 3.63) is 23.5 Å². The van der Waals surface area contributed by atoms with Crippen molar-refractivity contribution in [1.82, 2.24) is 4.90 Å². The van der Waals surface area contributed by atoms with Gasteiger partial charge in [0.2, 0.25) is 0 Å². The van der Waals surface area contributed by atoms with Crippen molar-refractivity contribution in [2.24, 2.45) is 17.8 Å². The first-order valence-corrected chi connectivity index (χ1v) is 11.5. The van der Waals surface area contributed by atoms with E-state index in [1.54, 1.807) is 6.08 Å². The molecular weight excluding hydrogens is 350 g/mol. The van der Waals surface area contributed by atoms with Crippen LogP contribution in [0.25, 0.3) is 0 Å². The Morgan fingerprint density at radius 3 is 2.64 bits per heavy atom. The first kappa shape index (κ1) is 23.4. The predicted octanol–water partition coefficient (Wildman–Crippen LogP) is 4.82. The molecule has 1 fully saturated rings. The summed E-state index contributed by atoms with van der Waals surface area (Å²) >= 11 is 0. The second-order valence-electron chi connectivity index (χ2n) is 9.31. The lowest BCUT2D eigenvalue weighted by atomic mass is 9.84. The minimum absolute atomic E-state index is 0.148. The van der Waals surface area contributed by atoms with Gasteiger partial charge in [-0.2, -0.15) is 0 Å². The van der Waals surface area contributed by atoms with E-state index in [1.165, 1.54) is 37.7 Å². The highest BCUT2D eigenvalue weighted by Gasteiger charge is 2.47. The van der Waals surface area contributed by atoms with Crippen LogP contribution in [0, 0.1) is 17.8 Å². The minimum atomic E-state index is -0.746. The third-order valence-corrected chi connectivity index (χ3v) is 6.60. The van der Waals surface area contributed by atoms with Crippen molar-refractivity contribution in [3.8, 4) is 0 Å². The third kappa shape index (κ3) is 7.20. The largest absolute Gasteiger partial charge is 0.513 e. The van der Waals surface area contributed by atoms with Gasteiger partial charge in [0, 0.05) is 12.3 Å². The molecule has 0 aromatic carbocycles. The van der Waals surface area contributed by atoms with E-state index in [9.17, 15) is 15.3 Å². The molecule has 0 saturated heterocycles. The average molecular weight is 394 g/mol. The van der Waals surface area contributed by atoms with Gasteiger partial charge >= 0.3 is 0 Å². The molecule has 4 heteroatoms. The molecule has 2 rings (SSSR count). The topological polar surface area (TPSA) is 63.9 Å². The molecule has 2 aliphatic carbocycles. The highest BCUT2D eigenvalue weighted by atomic mass is 16.3. The summed E-state index contributed by atoms with van der Waals surface area (Å²) in [7, 11) is 4.24. The van der Waals surface area contributed by atoms with E-state index >= 15 is 0 Å². The van der Waals surface area contributed by atoms with E-state index in [4.69, 9.17) is 0 Å². The highest BCUT2D eigenvalue weighted by Crippen LogP contribution is 2.49. The lowest BCUT2D eigenvalue weighted by molar-refractivity contribution is 0.0352. The number of aliphatic hydroxyl groups is 3. The van der Waals surface area contributed by atoms with Crippen LogP contribution in [0.2, 0.25) is 0 Å². The molecular formula is C24H43NO3. The molecule has 4 nitrogen and oxygen atoms in total. The Morgan fingerprint density at radius 2 is 1.93 bits per heavy atom. The molecule has 0 aromatic rings. The molecule has 3 N–H and O–H groups in total. The van der Waals surface area contributed by atoms with Crippen LogP contribution in [0.4, 0.5) is 0 Å². The molecule has 0 aliphatic heterocycles. The van der Waals surface area contributed by atoms with Crippen molar-refractivity contribution in [1.29, 1.82) is 0 Å². The zero-order valence-corrected chi connectivity index (χ0v) is 18.3. The molecule has 1 saturated carbocycles. The van der Waals surface area contributed by atoms with Gasteiger partial charge in [0.25, 0.3) is 0 Å². The number of rotatable bonds is 13. The maximum atomic E-state index is 10.7. The molecule has 0 amide bonds. The van der Waals surface area contributed by atoms with Gasteiger partial charge in [0.15, 0.2) is 0 Å². The summed E-state index contributed by atoms with van der Waals surface area (Å²) < 4.78 is 0. The van der Waals surface area contributed by atoms with E-state index in [1.807, 2.05) is 0 Å². The van der Waals surface area contributed by atoms with Crippen molar-refractivity contribution in [3.63, 3.8) is 0 Å². The van der Waals surface area contributed by atoms with E-state index < -0.39 is 12.2 Å². The van der Waals surface area contributed by atoms with Crippen molar-refractivity contribution < 1.29 is 15.3 Å². The summed E-state index contributed by atoms with van der Waals surface area (Å²) in [5, 5.41) is 31.4. The normalized spacial score (nSPS) is 28.6. The summed E-state index contributed by atoms with van der Waals surface area (Å²) in [6.45, 7) is 3.32. The predicted molar refractivity (Wildman–Crippen MR) is 116 cm³/mol. The van der Waals surface area contributed by atoms with Gasteiger partial charge in [0.05, 0.1) is 18.0 Å². The fourth-order valence-electron chi connectivity index (χ4n) is 5.08. The first-order chi connectivity index (χ1) is 13.4. The molecule has 28 heavy (non-hydrogen) atoms. The lowest BCUT2D eigenvalue weighted by Crippen LogP contribution is -2.31. The molecule has 0 aromatic heterocycles. The maximum Gasteiger partial charge on any atom is 0.0908 e. The van der Waals surface area contributed by atoms with Crippen molar-refractivity contribution >= 4 is 0 Å². The molecule has 0 radical (unpaired) electrons. The third-order valence-electron chi connectivity index (χ3n) is 6.60. The Labute approximate surface area is 172 Å². The van der Waals surface area contributed by atoms with Crippen LogP contribution in [0.15, 0.2) is 23.5 Å². The maximum absolute atomic E-state index is 10.7. The van der Waals surface area contributed by atoms with E-state index in [-0.39, 0.29) is 11.7 Å². The fourth-order valence-corrected chi connectivity index (χ4v) is 5.08. The van der Waals surface area contributed by atoms with Crippen molar-refractivity contribution in [2.75, 3.05) is 20.6 Å². The number of nitrogens with zero attached hydrogens (tertiary/aromatic N) is 1. The second-order valence-corrected chi connectivity index (χ2v) is 9.31. The quantitative estimate of drug-likeness (QED) is 0.238. The van der Waals surface area contributed by atoms with Crippen LogP contribution in [0.5, 0.6) is 0 Å². The van der Waals surface area contributed by atoms with Crippen LogP contribution < -0.4 is 0 Å².